The molecule has 0 saturated carbocycles. The molecular formula is C12H12O2. The summed E-state index contributed by atoms with van der Waals surface area (Å²) in [4.78, 5) is 11.3. The van der Waals surface area contributed by atoms with Gasteiger partial charge in [-0.3, -0.25) is 0 Å². The van der Waals surface area contributed by atoms with Gasteiger partial charge in [-0.1, -0.05) is 37.3 Å². The summed E-state index contributed by atoms with van der Waals surface area (Å²) in [7, 11) is 0. The fourth-order valence-electron chi connectivity index (χ4n) is 1.65. The van der Waals surface area contributed by atoms with Crippen LogP contribution in [0, 0.1) is 0 Å². The van der Waals surface area contributed by atoms with E-state index in [9.17, 15) is 4.79 Å². The summed E-state index contributed by atoms with van der Waals surface area (Å²) in [6, 6.07) is 9.98. The molecular weight excluding hydrogens is 176 g/mol. The number of carbonyl (C=O) groups excluding carboxylic acids is 1. The summed E-state index contributed by atoms with van der Waals surface area (Å²) >= 11 is 0. The Morgan fingerprint density at radius 1 is 1.29 bits per heavy atom. The van der Waals surface area contributed by atoms with Crippen molar-refractivity contribution in [3.8, 4) is 0 Å². The minimum atomic E-state index is -0.179. The molecule has 1 aromatic carbocycles. The molecule has 0 radical (unpaired) electrons. The lowest BCUT2D eigenvalue weighted by Gasteiger charge is -2.10. The highest BCUT2D eigenvalue weighted by Crippen LogP contribution is 2.26. The Labute approximate surface area is 83.2 Å². The molecule has 0 spiro atoms. The van der Waals surface area contributed by atoms with E-state index in [1.165, 1.54) is 0 Å². The van der Waals surface area contributed by atoms with E-state index in [4.69, 9.17) is 4.74 Å². The van der Waals surface area contributed by atoms with Crippen LogP contribution in [-0.2, 0) is 9.53 Å². The minimum absolute atomic E-state index is 0.131. The Morgan fingerprint density at radius 2 is 2.00 bits per heavy atom. The zero-order chi connectivity index (χ0) is 9.97. The van der Waals surface area contributed by atoms with Crippen LogP contribution < -0.4 is 0 Å². The van der Waals surface area contributed by atoms with Crippen LogP contribution in [0.5, 0.6) is 0 Å². The quantitative estimate of drug-likeness (QED) is 0.665. The molecule has 0 fully saturated rings. The lowest BCUT2D eigenvalue weighted by Crippen LogP contribution is -2.06. The molecule has 1 heterocycles. The summed E-state index contributed by atoms with van der Waals surface area (Å²) in [5.74, 6) is -0.0486. The van der Waals surface area contributed by atoms with Crippen molar-refractivity contribution in [2.24, 2.45) is 0 Å². The molecule has 0 bridgehead atoms. The highest BCUT2D eigenvalue weighted by Gasteiger charge is 2.23. The first kappa shape index (κ1) is 9.00. The van der Waals surface area contributed by atoms with E-state index in [-0.39, 0.29) is 11.9 Å². The molecule has 72 valence electrons. The Kier molecular flexibility index (Phi) is 2.35. The summed E-state index contributed by atoms with van der Waals surface area (Å²) in [6.45, 7) is 2.44. The van der Waals surface area contributed by atoms with E-state index < -0.39 is 0 Å². The van der Waals surface area contributed by atoms with Crippen LogP contribution in [0.2, 0.25) is 0 Å². The van der Waals surface area contributed by atoms with Gasteiger partial charge < -0.3 is 4.74 Å². The van der Waals surface area contributed by atoms with E-state index in [1.807, 2.05) is 43.3 Å². The average molecular weight is 188 g/mol. The van der Waals surface area contributed by atoms with E-state index in [2.05, 4.69) is 0 Å². The molecule has 1 aliphatic heterocycles. The summed E-state index contributed by atoms with van der Waals surface area (Å²) < 4.78 is 4.88. The molecule has 1 aliphatic rings. The van der Waals surface area contributed by atoms with E-state index in [0.717, 1.165) is 11.1 Å². The summed E-state index contributed by atoms with van der Waals surface area (Å²) in [5.41, 5.74) is 1.92. The third-order valence-corrected chi connectivity index (χ3v) is 2.52. The van der Waals surface area contributed by atoms with Crippen LogP contribution in [0.4, 0.5) is 0 Å². The molecule has 2 rings (SSSR count). The number of rotatable bonds is 2. The maximum Gasteiger partial charge on any atom is 0.334 e. The molecule has 1 atom stereocenters. The van der Waals surface area contributed by atoms with Crippen molar-refractivity contribution < 1.29 is 9.53 Å². The van der Waals surface area contributed by atoms with Gasteiger partial charge in [-0.25, -0.2) is 4.79 Å². The van der Waals surface area contributed by atoms with Gasteiger partial charge >= 0.3 is 5.97 Å². The van der Waals surface area contributed by atoms with E-state index >= 15 is 0 Å². The lowest BCUT2D eigenvalue weighted by molar-refractivity contribution is -0.136. The second-order valence-corrected chi connectivity index (χ2v) is 3.39. The molecule has 0 amide bonds. The highest BCUT2D eigenvalue weighted by molar-refractivity contribution is 5.92. The molecule has 2 nitrogen and oxygen atoms in total. The van der Waals surface area contributed by atoms with Crippen LogP contribution in [-0.4, -0.2) is 12.6 Å². The number of hydrogen-bond donors (Lipinski definition) is 0. The van der Waals surface area contributed by atoms with Crippen molar-refractivity contribution in [1.82, 2.24) is 0 Å². The van der Waals surface area contributed by atoms with Gasteiger partial charge in [0.25, 0.3) is 0 Å². The lowest BCUT2D eigenvalue weighted by atomic mass is 9.93. The van der Waals surface area contributed by atoms with Crippen LogP contribution in [0.25, 0.3) is 0 Å². The molecule has 0 aromatic heterocycles. The molecule has 0 saturated heterocycles. The van der Waals surface area contributed by atoms with Crippen LogP contribution in [0.1, 0.15) is 18.4 Å². The maximum atomic E-state index is 11.3. The van der Waals surface area contributed by atoms with Gasteiger partial charge in [-0.15, -0.1) is 0 Å². The monoisotopic (exact) mass is 188 g/mol. The number of esters is 1. The van der Waals surface area contributed by atoms with Crippen molar-refractivity contribution in [3.63, 3.8) is 0 Å². The van der Waals surface area contributed by atoms with Crippen molar-refractivity contribution in [2.45, 2.75) is 12.8 Å². The van der Waals surface area contributed by atoms with Crippen molar-refractivity contribution in [3.05, 3.63) is 47.5 Å². The SMILES string of the molecule is C[C@@H](C1=CCOC1=O)c1ccccc1. The molecule has 0 N–H and O–H groups in total. The van der Waals surface area contributed by atoms with Crippen molar-refractivity contribution >= 4 is 5.97 Å². The van der Waals surface area contributed by atoms with Gasteiger partial charge in [-0.05, 0) is 11.6 Å². The number of carbonyl (C=O) groups is 1. The van der Waals surface area contributed by atoms with Gasteiger partial charge in [0.15, 0.2) is 0 Å². The van der Waals surface area contributed by atoms with Gasteiger partial charge in [0.05, 0.1) is 0 Å². The van der Waals surface area contributed by atoms with E-state index in [0.29, 0.717) is 6.61 Å². The number of cyclic esters (lactones) is 1. The highest BCUT2D eigenvalue weighted by atomic mass is 16.5. The summed E-state index contributed by atoms with van der Waals surface area (Å²) in [5, 5.41) is 0. The average Bonchev–Trinajstić information content (AvgIpc) is 2.65. The van der Waals surface area contributed by atoms with Crippen molar-refractivity contribution in [2.75, 3.05) is 6.61 Å². The number of benzene rings is 1. The third kappa shape index (κ3) is 1.55. The number of ether oxygens (including phenoxy) is 1. The second-order valence-electron chi connectivity index (χ2n) is 3.39. The predicted molar refractivity (Wildman–Crippen MR) is 53.9 cm³/mol. The largest absolute Gasteiger partial charge is 0.458 e. The Bertz CT molecular complexity index is 365. The first-order valence-corrected chi connectivity index (χ1v) is 4.71. The second kappa shape index (κ2) is 3.66. The molecule has 2 heteroatoms. The van der Waals surface area contributed by atoms with Crippen molar-refractivity contribution in [1.29, 1.82) is 0 Å². The van der Waals surface area contributed by atoms with Gasteiger partial charge in [-0.2, -0.15) is 0 Å². The summed E-state index contributed by atoms with van der Waals surface area (Å²) in [6.07, 6.45) is 1.86. The number of hydrogen-bond acceptors (Lipinski definition) is 2. The topological polar surface area (TPSA) is 26.3 Å². The van der Waals surface area contributed by atoms with Gasteiger partial charge in [0.1, 0.15) is 6.61 Å². The molecule has 14 heavy (non-hydrogen) atoms. The molecule has 1 aromatic rings. The fourth-order valence-corrected chi connectivity index (χ4v) is 1.65. The Hall–Kier alpha value is -1.57. The van der Waals surface area contributed by atoms with Crippen LogP contribution >= 0.6 is 0 Å². The van der Waals surface area contributed by atoms with Crippen LogP contribution in [0.3, 0.4) is 0 Å². The first-order valence-electron chi connectivity index (χ1n) is 4.71. The third-order valence-electron chi connectivity index (χ3n) is 2.52. The standard InChI is InChI=1S/C12H12O2/c1-9(10-5-3-2-4-6-10)11-7-8-14-12(11)13/h2-7,9H,8H2,1H3/t9-/m1/s1. The zero-order valence-corrected chi connectivity index (χ0v) is 8.07. The maximum absolute atomic E-state index is 11.3. The fraction of sp³-hybridized carbons (Fsp3) is 0.250. The smallest absolute Gasteiger partial charge is 0.334 e. The Morgan fingerprint density at radius 3 is 2.57 bits per heavy atom. The molecule has 0 unspecified atom stereocenters. The zero-order valence-electron chi connectivity index (χ0n) is 8.07. The predicted octanol–water partition coefficient (Wildman–Crippen LogP) is 2.27. The first-order chi connectivity index (χ1) is 6.79. The Balaban J connectivity index is 2.24. The minimum Gasteiger partial charge on any atom is -0.458 e. The van der Waals surface area contributed by atoms with Gasteiger partial charge in [0.2, 0.25) is 0 Å². The molecule has 0 aliphatic carbocycles. The van der Waals surface area contributed by atoms with E-state index in [1.54, 1.807) is 0 Å². The van der Waals surface area contributed by atoms with Gasteiger partial charge in [0, 0.05) is 11.5 Å². The normalized spacial score (nSPS) is 17.5. The van der Waals surface area contributed by atoms with Crippen LogP contribution in [0.15, 0.2) is 42.0 Å².